The number of benzene rings is 2. The summed E-state index contributed by atoms with van der Waals surface area (Å²) in [6.45, 7) is 8.76. The van der Waals surface area contributed by atoms with Gasteiger partial charge in [-0.2, -0.15) is 0 Å². The maximum atomic E-state index is 12.2. The molecule has 0 heterocycles. The first-order valence-corrected chi connectivity index (χ1v) is 10.4. The molecule has 0 atom stereocenters. The Bertz CT molecular complexity index is 1020. The first kappa shape index (κ1) is 22.3. The Morgan fingerprint density at radius 3 is 2.38 bits per heavy atom. The van der Waals surface area contributed by atoms with Crippen LogP contribution in [0.4, 0.5) is 5.69 Å². The van der Waals surface area contributed by atoms with Crippen LogP contribution in [0, 0.1) is 20.8 Å². The highest BCUT2D eigenvalue weighted by atomic mass is 32.2. The summed E-state index contributed by atoms with van der Waals surface area (Å²) in [4.78, 5) is 24.3. The van der Waals surface area contributed by atoms with E-state index < -0.39 is 28.5 Å². The van der Waals surface area contributed by atoms with Crippen LogP contribution in [0.25, 0.3) is 0 Å². The minimum atomic E-state index is -3.77. The van der Waals surface area contributed by atoms with Crippen LogP contribution < -0.4 is 10.0 Å². The molecular weight excluding hydrogens is 392 g/mol. The number of hydrogen-bond acceptors (Lipinski definition) is 5. The van der Waals surface area contributed by atoms with Gasteiger partial charge in [-0.3, -0.25) is 4.79 Å². The monoisotopic (exact) mass is 416 g/mol. The molecule has 0 fully saturated rings. The number of carbonyl (C=O) groups excluding carboxylic acids is 2. The lowest BCUT2D eigenvalue weighted by Crippen LogP contribution is -2.24. The van der Waals surface area contributed by atoms with Crippen LogP contribution in [0.2, 0.25) is 0 Å². The van der Waals surface area contributed by atoms with Crippen molar-refractivity contribution in [2.75, 3.05) is 18.5 Å². The molecule has 0 aliphatic heterocycles. The van der Waals surface area contributed by atoms with Crippen LogP contribution in [0.5, 0.6) is 0 Å². The first-order valence-electron chi connectivity index (χ1n) is 8.89. The Morgan fingerprint density at radius 2 is 1.76 bits per heavy atom. The van der Waals surface area contributed by atoms with E-state index >= 15 is 0 Å². The van der Waals surface area contributed by atoms with Gasteiger partial charge in [-0.05, 0) is 50.1 Å². The molecular formula is C21H24N2O5S. The second kappa shape index (κ2) is 9.49. The van der Waals surface area contributed by atoms with Crippen molar-refractivity contribution in [3.8, 4) is 0 Å². The summed E-state index contributed by atoms with van der Waals surface area (Å²) in [6, 6.07) is 9.29. The molecule has 2 rings (SSSR count). The van der Waals surface area contributed by atoms with E-state index in [0.29, 0.717) is 5.69 Å². The zero-order chi connectivity index (χ0) is 21.6. The molecule has 7 nitrogen and oxygen atoms in total. The van der Waals surface area contributed by atoms with Crippen LogP contribution in [-0.4, -0.2) is 33.4 Å². The van der Waals surface area contributed by atoms with Crippen molar-refractivity contribution >= 4 is 27.6 Å². The molecule has 0 aromatic heterocycles. The number of hydrogen-bond donors (Lipinski definition) is 2. The van der Waals surface area contributed by atoms with Gasteiger partial charge in [0.1, 0.15) is 0 Å². The van der Waals surface area contributed by atoms with Gasteiger partial charge in [0.2, 0.25) is 10.0 Å². The van der Waals surface area contributed by atoms with E-state index in [0.717, 1.165) is 16.7 Å². The number of carbonyl (C=O) groups is 2. The maximum absolute atomic E-state index is 12.2. The molecule has 1 amide bonds. The van der Waals surface area contributed by atoms with Gasteiger partial charge in [-0.25, -0.2) is 17.9 Å². The minimum absolute atomic E-state index is 0.0296. The Morgan fingerprint density at radius 1 is 1.10 bits per heavy atom. The molecule has 0 saturated heterocycles. The SMILES string of the molecule is C=CCNS(=O)(=O)c1cccc(C(=O)OCC(=O)Nc2c(C)cc(C)cc2C)c1. The summed E-state index contributed by atoms with van der Waals surface area (Å²) in [5.74, 6) is -1.27. The first-order chi connectivity index (χ1) is 13.6. The quantitative estimate of drug-likeness (QED) is 0.509. The molecule has 2 N–H and O–H groups in total. The van der Waals surface area contributed by atoms with E-state index in [1.165, 1.54) is 30.3 Å². The highest BCUT2D eigenvalue weighted by Gasteiger charge is 2.17. The fourth-order valence-corrected chi connectivity index (χ4v) is 3.85. The Labute approximate surface area is 170 Å². The third-order valence-corrected chi connectivity index (χ3v) is 5.49. The second-order valence-electron chi connectivity index (χ2n) is 6.57. The van der Waals surface area contributed by atoms with Crippen LogP contribution in [0.1, 0.15) is 27.0 Å². The zero-order valence-electron chi connectivity index (χ0n) is 16.6. The average molecular weight is 416 g/mol. The van der Waals surface area contributed by atoms with Gasteiger partial charge >= 0.3 is 5.97 Å². The smallest absolute Gasteiger partial charge is 0.338 e. The lowest BCUT2D eigenvalue weighted by atomic mass is 10.1. The Hall–Kier alpha value is -2.97. The zero-order valence-corrected chi connectivity index (χ0v) is 17.4. The lowest BCUT2D eigenvalue weighted by molar-refractivity contribution is -0.119. The molecule has 0 radical (unpaired) electrons. The number of sulfonamides is 1. The van der Waals surface area contributed by atoms with Crippen molar-refractivity contribution in [2.24, 2.45) is 0 Å². The maximum Gasteiger partial charge on any atom is 0.338 e. The van der Waals surface area contributed by atoms with Gasteiger partial charge in [-0.15, -0.1) is 6.58 Å². The third-order valence-electron chi connectivity index (χ3n) is 4.07. The fourth-order valence-electron chi connectivity index (χ4n) is 2.81. The number of aryl methyl sites for hydroxylation is 3. The molecule has 0 spiro atoms. The Kier molecular flexibility index (Phi) is 7.30. The van der Waals surface area contributed by atoms with Crippen molar-refractivity contribution in [3.05, 3.63) is 71.3 Å². The summed E-state index contributed by atoms with van der Waals surface area (Å²) in [5, 5.41) is 2.74. The van der Waals surface area contributed by atoms with E-state index in [1.54, 1.807) is 0 Å². The predicted octanol–water partition coefficient (Wildman–Crippen LogP) is 2.87. The van der Waals surface area contributed by atoms with E-state index in [2.05, 4.69) is 16.6 Å². The van der Waals surface area contributed by atoms with Gasteiger partial charge in [0.25, 0.3) is 5.91 Å². The molecule has 0 aliphatic carbocycles. The van der Waals surface area contributed by atoms with E-state index in [4.69, 9.17) is 4.74 Å². The normalized spacial score (nSPS) is 11.0. The van der Waals surface area contributed by atoms with E-state index in [1.807, 2.05) is 32.9 Å². The van der Waals surface area contributed by atoms with Gasteiger partial charge in [0.05, 0.1) is 10.5 Å². The van der Waals surface area contributed by atoms with Crippen molar-refractivity contribution < 1.29 is 22.7 Å². The number of ether oxygens (including phenoxy) is 1. The molecule has 0 aliphatic rings. The van der Waals surface area contributed by atoms with Crippen molar-refractivity contribution in [1.82, 2.24) is 4.72 Å². The number of nitrogens with one attached hydrogen (secondary N) is 2. The molecule has 0 unspecified atom stereocenters. The summed E-state index contributed by atoms with van der Waals surface area (Å²) >= 11 is 0. The summed E-state index contributed by atoms with van der Waals surface area (Å²) in [6.07, 6.45) is 1.41. The topological polar surface area (TPSA) is 102 Å². The van der Waals surface area contributed by atoms with Gasteiger partial charge < -0.3 is 10.1 Å². The molecule has 29 heavy (non-hydrogen) atoms. The average Bonchev–Trinajstić information content (AvgIpc) is 2.67. The molecule has 0 saturated carbocycles. The largest absolute Gasteiger partial charge is 0.452 e. The van der Waals surface area contributed by atoms with Gasteiger partial charge in [0.15, 0.2) is 6.61 Å². The molecule has 2 aromatic rings. The molecule has 154 valence electrons. The van der Waals surface area contributed by atoms with Gasteiger partial charge in [0, 0.05) is 12.2 Å². The predicted molar refractivity (Wildman–Crippen MR) is 111 cm³/mol. The summed E-state index contributed by atoms with van der Waals surface area (Å²) < 4.78 is 31.6. The van der Waals surface area contributed by atoms with Gasteiger partial charge in [-0.1, -0.05) is 29.8 Å². The van der Waals surface area contributed by atoms with E-state index in [-0.39, 0.29) is 17.0 Å². The summed E-state index contributed by atoms with van der Waals surface area (Å²) in [7, 11) is -3.77. The molecule has 0 bridgehead atoms. The van der Waals surface area contributed by atoms with Crippen molar-refractivity contribution in [2.45, 2.75) is 25.7 Å². The number of anilines is 1. The molecule has 2 aromatic carbocycles. The number of rotatable bonds is 8. The van der Waals surface area contributed by atoms with Crippen molar-refractivity contribution in [3.63, 3.8) is 0 Å². The van der Waals surface area contributed by atoms with Crippen LogP contribution in [-0.2, 0) is 19.6 Å². The van der Waals surface area contributed by atoms with E-state index in [9.17, 15) is 18.0 Å². The highest BCUT2D eigenvalue weighted by molar-refractivity contribution is 7.89. The Balaban J connectivity index is 2.03. The van der Waals surface area contributed by atoms with Crippen molar-refractivity contribution in [1.29, 1.82) is 0 Å². The summed E-state index contributed by atoms with van der Waals surface area (Å²) in [5.41, 5.74) is 3.61. The number of amides is 1. The minimum Gasteiger partial charge on any atom is -0.452 e. The van der Waals surface area contributed by atoms with Crippen LogP contribution >= 0.6 is 0 Å². The van der Waals surface area contributed by atoms with Crippen LogP contribution in [0.3, 0.4) is 0 Å². The lowest BCUT2D eigenvalue weighted by Gasteiger charge is -2.13. The van der Waals surface area contributed by atoms with Crippen LogP contribution in [0.15, 0.2) is 53.9 Å². The fraction of sp³-hybridized carbons (Fsp3) is 0.238. The number of esters is 1. The third kappa shape index (κ3) is 6.00. The molecule has 8 heteroatoms. The standard InChI is InChI=1S/C21H24N2O5S/c1-5-9-22-29(26,27)18-8-6-7-17(12-18)21(25)28-13-19(24)23-20-15(3)10-14(2)11-16(20)4/h5-8,10-12,22H,1,9,13H2,2-4H3,(H,23,24). The second-order valence-corrected chi connectivity index (χ2v) is 8.33. The highest BCUT2D eigenvalue weighted by Crippen LogP contribution is 2.21.